The molecule has 0 aromatic carbocycles. The number of rotatable bonds is 8. The number of carbonyl (C=O) groups is 2. The zero-order valence-corrected chi connectivity index (χ0v) is 17.6. The maximum atomic E-state index is 12.7. The smallest absolute Gasteiger partial charge is 0.312 e. The average Bonchev–Trinajstić information content (AvgIpc) is 2.93. The summed E-state index contributed by atoms with van der Waals surface area (Å²) in [5.74, 6) is 0.00367. The van der Waals surface area contributed by atoms with Crippen LogP contribution in [0.1, 0.15) is 54.4 Å². The highest BCUT2D eigenvalue weighted by molar-refractivity contribution is 8.13. The second-order valence-corrected chi connectivity index (χ2v) is 8.94. The van der Waals surface area contributed by atoms with Crippen LogP contribution >= 0.6 is 11.8 Å². The molecule has 26 heavy (non-hydrogen) atoms. The Morgan fingerprint density at radius 1 is 1.31 bits per heavy atom. The van der Waals surface area contributed by atoms with E-state index in [1.54, 1.807) is 7.05 Å². The first kappa shape index (κ1) is 22.4. The summed E-state index contributed by atoms with van der Waals surface area (Å²) in [5, 5.41) is 13.6. The lowest BCUT2D eigenvalue weighted by atomic mass is 9.67. The predicted octanol–water partition coefficient (Wildman–Crippen LogP) is 3.04. The fourth-order valence-corrected chi connectivity index (χ4v) is 3.47. The second-order valence-electron chi connectivity index (χ2n) is 8.00. The highest BCUT2D eigenvalue weighted by Crippen LogP contribution is 2.41. The number of hydrogen-bond acceptors (Lipinski definition) is 7. The molecule has 0 aliphatic carbocycles. The molecule has 0 saturated carbocycles. The molecule has 2 unspecified atom stereocenters. The molecule has 0 bridgehead atoms. The van der Waals surface area contributed by atoms with Crippen molar-refractivity contribution in [2.24, 2.45) is 23.8 Å². The minimum absolute atomic E-state index is 0.0200. The number of carbonyl (C=O) groups excluding carboxylic acids is 2. The number of hydrogen-bond donors (Lipinski definition) is 1. The monoisotopic (exact) mass is 385 g/mol. The summed E-state index contributed by atoms with van der Waals surface area (Å²) in [4.78, 5) is 24.6. The molecule has 0 aliphatic rings. The molecule has 0 fully saturated rings. The number of nitrogens with zero attached hydrogens (tertiary/aromatic N) is 4. The maximum absolute atomic E-state index is 12.7. The van der Waals surface area contributed by atoms with Gasteiger partial charge in [-0.15, -0.1) is 5.10 Å². The normalized spacial score (nSPS) is 15.2. The number of ether oxygens (including phenoxy) is 1. The van der Waals surface area contributed by atoms with Gasteiger partial charge in [0.15, 0.2) is 0 Å². The third-order valence-corrected chi connectivity index (χ3v) is 5.29. The lowest BCUT2D eigenvalue weighted by Gasteiger charge is -2.38. The van der Waals surface area contributed by atoms with Gasteiger partial charge in [0.1, 0.15) is 6.61 Å². The van der Waals surface area contributed by atoms with E-state index in [1.807, 2.05) is 6.92 Å². The van der Waals surface area contributed by atoms with Gasteiger partial charge in [-0.1, -0.05) is 41.0 Å². The molecule has 0 spiro atoms. The number of aromatic nitrogens is 4. The minimum atomic E-state index is -0.546. The first-order chi connectivity index (χ1) is 12.0. The summed E-state index contributed by atoms with van der Waals surface area (Å²) in [7, 11) is 1.66. The lowest BCUT2D eigenvalue weighted by molar-refractivity contribution is -0.160. The largest absolute Gasteiger partial charge is 0.463 e. The van der Waals surface area contributed by atoms with Gasteiger partial charge in [0.25, 0.3) is 5.24 Å². The van der Waals surface area contributed by atoms with E-state index in [-0.39, 0.29) is 35.7 Å². The van der Waals surface area contributed by atoms with Crippen LogP contribution in [0.15, 0.2) is 5.16 Å². The van der Waals surface area contributed by atoms with Crippen LogP contribution < -0.4 is 5.32 Å². The van der Waals surface area contributed by atoms with Crippen LogP contribution in [0, 0.1) is 16.7 Å². The van der Waals surface area contributed by atoms with E-state index in [0.717, 1.165) is 24.6 Å². The summed E-state index contributed by atoms with van der Waals surface area (Å²) in [5.41, 5.74) is -0.526. The second kappa shape index (κ2) is 9.34. The van der Waals surface area contributed by atoms with E-state index in [1.165, 1.54) is 4.68 Å². The fourth-order valence-electron chi connectivity index (χ4n) is 2.89. The van der Waals surface area contributed by atoms with Gasteiger partial charge >= 0.3 is 5.97 Å². The molecule has 0 radical (unpaired) electrons. The van der Waals surface area contributed by atoms with Crippen molar-refractivity contribution in [2.45, 2.75) is 59.5 Å². The lowest BCUT2D eigenvalue weighted by Crippen LogP contribution is -2.40. The Balaban J connectivity index is 2.50. The number of thioether (sulfide) groups is 1. The fraction of sp³-hybridized carbons (Fsp3) is 0.824. The van der Waals surface area contributed by atoms with Crippen LogP contribution in [0.2, 0.25) is 0 Å². The SMILES string of the molecule is CCC(C)C(C)(CC(C)(C)C)C(=O)OCCNC(=O)Sc1nnnn1C. The van der Waals surface area contributed by atoms with Crippen molar-refractivity contribution >= 4 is 23.0 Å². The average molecular weight is 386 g/mol. The Morgan fingerprint density at radius 3 is 2.46 bits per heavy atom. The maximum Gasteiger partial charge on any atom is 0.312 e. The van der Waals surface area contributed by atoms with Crippen molar-refractivity contribution in [2.75, 3.05) is 13.2 Å². The Kier molecular flexibility index (Phi) is 8.05. The molecule has 1 heterocycles. The van der Waals surface area contributed by atoms with E-state index < -0.39 is 5.41 Å². The van der Waals surface area contributed by atoms with Crippen LogP contribution in [0.3, 0.4) is 0 Å². The molecular formula is C17H31N5O3S. The molecule has 1 N–H and O–H groups in total. The quantitative estimate of drug-likeness (QED) is 0.417. The van der Waals surface area contributed by atoms with Gasteiger partial charge in [-0.3, -0.25) is 9.59 Å². The number of amides is 1. The van der Waals surface area contributed by atoms with Gasteiger partial charge in [0.05, 0.1) is 12.0 Å². The van der Waals surface area contributed by atoms with Gasteiger partial charge in [0, 0.05) is 18.8 Å². The van der Waals surface area contributed by atoms with Crippen LogP contribution in [0.4, 0.5) is 4.79 Å². The zero-order valence-electron chi connectivity index (χ0n) is 16.8. The minimum Gasteiger partial charge on any atom is -0.463 e. The number of tetrazole rings is 1. The van der Waals surface area contributed by atoms with Gasteiger partial charge in [-0.2, -0.15) is 0 Å². The number of esters is 1. The van der Waals surface area contributed by atoms with Crippen LogP contribution in [-0.4, -0.2) is 44.6 Å². The van der Waals surface area contributed by atoms with Gasteiger partial charge in [-0.25, -0.2) is 4.68 Å². The Morgan fingerprint density at radius 2 is 1.96 bits per heavy atom. The highest BCUT2D eigenvalue weighted by Gasteiger charge is 2.42. The molecule has 1 amide bonds. The van der Waals surface area contributed by atoms with Crippen molar-refractivity contribution in [3.63, 3.8) is 0 Å². The van der Waals surface area contributed by atoms with Crippen molar-refractivity contribution in [1.29, 1.82) is 0 Å². The van der Waals surface area contributed by atoms with Gasteiger partial charge < -0.3 is 10.1 Å². The summed E-state index contributed by atoms with van der Waals surface area (Å²) < 4.78 is 6.89. The predicted molar refractivity (Wildman–Crippen MR) is 101 cm³/mol. The Hall–Kier alpha value is -1.64. The third kappa shape index (κ3) is 6.59. The zero-order chi connectivity index (χ0) is 20.0. The molecule has 148 valence electrons. The van der Waals surface area contributed by atoms with E-state index in [2.05, 4.69) is 55.5 Å². The van der Waals surface area contributed by atoms with Crippen molar-refractivity contribution in [3.8, 4) is 0 Å². The van der Waals surface area contributed by atoms with Crippen molar-refractivity contribution in [3.05, 3.63) is 0 Å². The summed E-state index contributed by atoms with van der Waals surface area (Å²) in [6, 6.07) is 0. The van der Waals surface area contributed by atoms with E-state index in [0.29, 0.717) is 5.16 Å². The first-order valence-electron chi connectivity index (χ1n) is 8.85. The van der Waals surface area contributed by atoms with Crippen molar-refractivity contribution in [1.82, 2.24) is 25.5 Å². The Bertz CT molecular complexity index is 614. The molecule has 0 aliphatic heterocycles. The Labute approximate surface area is 159 Å². The highest BCUT2D eigenvalue weighted by atomic mass is 32.2. The van der Waals surface area contributed by atoms with Crippen LogP contribution in [0.5, 0.6) is 0 Å². The molecule has 0 saturated heterocycles. The van der Waals surface area contributed by atoms with Gasteiger partial charge in [-0.05, 0) is 35.1 Å². The molecule has 2 atom stereocenters. The van der Waals surface area contributed by atoms with E-state index in [9.17, 15) is 9.59 Å². The molecule has 1 rings (SSSR count). The van der Waals surface area contributed by atoms with Gasteiger partial charge in [0.2, 0.25) is 5.16 Å². The van der Waals surface area contributed by atoms with E-state index >= 15 is 0 Å². The number of aryl methyl sites for hydroxylation is 1. The summed E-state index contributed by atoms with van der Waals surface area (Å²) >= 11 is 0.894. The standard InChI is InChI=1S/C17H31N5O3S/c1-8-12(2)17(6,11-16(3,4)5)13(23)25-10-9-18-15(24)26-14-19-20-21-22(14)7/h12H,8-11H2,1-7H3,(H,18,24). The van der Waals surface area contributed by atoms with Crippen LogP contribution in [0.25, 0.3) is 0 Å². The topological polar surface area (TPSA) is 99.0 Å². The van der Waals surface area contributed by atoms with Crippen molar-refractivity contribution < 1.29 is 14.3 Å². The van der Waals surface area contributed by atoms with Crippen LogP contribution in [-0.2, 0) is 16.6 Å². The number of nitrogens with one attached hydrogen (secondary N) is 1. The first-order valence-corrected chi connectivity index (χ1v) is 9.66. The summed E-state index contributed by atoms with van der Waals surface area (Å²) in [6.07, 6.45) is 1.65. The molecular weight excluding hydrogens is 354 g/mol. The molecule has 1 aromatic rings. The molecule has 9 heteroatoms. The molecule has 8 nitrogen and oxygen atoms in total. The summed E-state index contributed by atoms with van der Waals surface area (Å²) in [6.45, 7) is 12.9. The third-order valence-electron chi connectivity index (χ3n) is 4.43. The molecule has 1 aromatic heterocycles. The van der Waals surface area contributed by atoms with E-state index in [4.69, 9.17) is 4.74 Å².